The normalized spacial score (nSPS) is 10.1. The number of ether oxygens (including phenoxy) is 2. The molecular weight excluding hydrogens is 232 g/mol. The first-order chi connectivity index (χ1) is 8.79. The minimum absolute atomic E-state index is 0.0459. The van der Waals surface area contributed by atoms with Gasteiger partial charge in [-0.05, 0) is 12.1 Å². The Morgan fingerprint density at radius 3 is 2.94 bits per heavy atom. The molecule has 0 aliphatic carbocycles. The molecule has 0 bridgehead atoms. The molecule has 5 heteroatoms. The van der Waals surface area contributed by atoms with Crippen LogP contribution in [-0.2, 0) is 0 Å². The number of carbonyl (C=O) groups is 1. The minimum Gasteiger partial charge on any atom is -0.497 e. The quantitative estimate of drug-likeness (QED) is 0.809. The Balaban J connectivity index is 1.83. The summed E-state index contributed by atoms with van der Waals surface area (Å²) in [6.45, 7) is 0.324. The first-order valence-electron chi connectivity index (χ1n) is 5.57. The second kappa shape index (κ2) is 5.86. The fourth-order valence-corrected chi connectivity index (χ4v) is 1.48. The van der Waals surface area contributed by atoms with Crippen molar-refractivity contribution in [2.24, 2.45) is 0 Å². The number of methoxy groups -OCH3 is 1. The average molecular weight is 246 g/mol. The number of carbonyl (C=O) groups excluding carboxylic acids is 1. The summed E-state index contributed by atoms with van der Waals surface area (Å²) in [6, 6.07) is 7.28. The fraction of sp³-hybridized carbons (Fsp3) is 0.231. The zero-order valence-corrected chi connectivity index (χ0v) is 10.1. The highest BCUT2D eigenvalue weighted by molar-refractivity contribution is 5.78. The van der Waals surface area contributed by atoms with Crippen molar-refractivity contribution >= 4 is 5.91 Å². The van der Waals surface area contributed by atoms with E-state index in [1.54, 1.807) is 25.6 Å². The molecule has 2 aromatic rings. The molecule has 0 unspecified atom stereocenters. The summed E-state index contributed by atoms with van der Waals surface area (Å²) in [5, 5.41) is 0. The van der Waals surface area contributed by atoms with Gasteiger partial charge >= 0.3 is 0 Å². The van der Waals surface area contributed by atoms with Crippen molar-refractivity contribution in [1.29, 1.82) is 0 Å². The van der Waals surface area contributed by atoms with Gasteiger partial charge in [-0.1, -0.05) is 6.07 Å². The van der Waals surface area contributed by atoms with Gasteiger partial charge in [0.15, 0.2) is 0 Å². The molecule has 0 radical (unpaired) electrons. The molecule has 94 valence electrons. The van der Waals surface area contributed by atoms with E-state index in [4.69, 9.17) is 9.47 Å². The predicted molar refractivity (Wildman–Crippen MR) is 66.0 cm³/mol. The van der Waals surface area contributed by atoms with Crippen LogP contribution in [0.25, 0.3) is 0 Å². The fourth-order valence-electron chi connectivity index (χ4n) is 1.48. The highest BCUT2D eigenvalue weighted by atomic mass is 16.5. The molecule has 18 heavy (non-hydrogen) atoms. The summed E-state index contributed by atoms with van der Waals surface area (Å²) >= 11 is 0. The lowest BCUT2D eigenvalue weighted by molar-refractivity contribution is 0.0881. The first kappa shape index (κ1) is 12.2. The Hall–Kier alpha value is -2.30. The number of nitrogens with zero attached hydrogens (tertiary/aromatic N) is 2. The van der Waals surface area contributed by atoms with Crippen LogP contribution in [0.4, 0.5) is 0 Å². The van der Waals surface area contributed by atoms with Gasteiger partial charge in [0.1, 0.15) is 17.8 Å². The number of hydrogen-bond donors (Lipinski definition) is 0. The van der Waals surface area contributed by atoms with Gasteiger partial charge < -0.3 is 9.47 Å². The zero-order chi connectivity index (χ0) is 12.8. The van der Waals surface area contributed by atoms with Crippen LogP contribution in [0, 0.1) is 0 Å². The lowest BCUT2D eigenvalue weighted by Gasteiger charge is -2.07. The molecule has 1 heterocycles. The van der Waals surface area contributed by atoms with Crippen molar-refractivity contribution < 1.29 is 14.3 Å². The maximum absolute atomic E-state index is 11.6. The van der Waals surface area contributed by atoms with Gasteiger partial charge in [-0.3, -0.25) is 9.36 Å². The number of imidazole rings is 1. The van der Waals surface area contributed by atoms with Crippen LogP contribution in [0.2, 0.25) is 0 Å². The van der Waals surface area contributed by atoms with E-state index in [-0.39, 0.29) is 5.91 Å². The van der Waals surface area contributed by atoms with Crippen molar-refractivity contribution in [2.75, 3.05) is 13.7 Å². The van der Waals surface area contributed by atoms with Crippen molar-refractivity contribution in [1.82, 2.24) is 9.55 Å². The minimum atomic E-state index is -0.0459. The van der Waals surface area contributed by atoms with Crippen molar-refractivity contribution in [2.45, 2.75) is 6.42 Å². The van der Waals surface area contributed by atoms with Crippen molar-refractivity contribution in [3.8, 4) is 11.5 Å². The van der Waals surface area contributed by atoms with Gasteiger partial charge in [0.25, 0.3) is 0 Å². The molecule has 1 aromatic carbocycles. The van der Waals surface area contributed by atoms with Crippen LogP contribution in [0.1, 0.15) is 11.2 Å². The number of aromatic nitrogens is 2. The first-order valence-corrected chi connectivity index (χ1v) is 5.57. The molecule has 0 aliphatic heterocycles. The zero-order valence-electron chi connectivity index (χ0n) is 10.1. The third-order valence-electron chi connectivity index (χ3n) is 2.42. The van der Waals surface area contributed by atoms with Crippen LogP contribution >= 0.6 is 0 Å². The van der Waals surface area contributed by atoms with Gasteiger partial charge in [0.05, 0.1) is 20.1 Å². The van der Waals surface area contributed by atoms with Gasteiger partial charge in [-0.15, -0.1) is 0 Å². The molecule has 0 spiro atoms. The molecule has 1 aromatic heterocycles. The maximum Gasteiger partial charge on any atom is 0.235 e. The second-order valence-electron chi connectivity index (χ2n) is 3.64. The molecule has 0 saturated carbocycles. The molecule has 0 fully saturated rings. The van der Waals surface area contributed by atoms with Gasteiger partial charge in [-0.25, -0.2) is 4.98 Å². The van der Waals surface area contributed by atoms with E-state index in [2.05, 4.69) is 4.98 Å². The van der Waals surface area contributed by atoms with Gasteiger partial charge in [0.2, 0.25) is 5.91 Å². The maximum atomic E-state index is 11.6. The lowest BCUT2D eigenvalue weighted by atomic mass is 10.3. The van der Waals surface area contributed by atoms with E-state index >= 15 is 0 Å². The van der Waals surface area contributed by atoms with Crippen molar-refractivity contribution in [3.05, 3.63) is 43.0 Å². The standard InChI is InChI=1S/C13H14N2O3/c1-17-11-3-2-4-12(9-11)18-8-5-13(16)15-7-6-14-10-15/h2-4,6-7,9-10H,5,8H2,1H3. The van der Waals surface area contributed by atoms with Gasteiger partial charge in [-0.2, -0.15) is 0 Å². The van der Waals surface area contributed by atoms with Gasteiger partial charge in [0, 0.05) is 18.5 Å². The second-order valence-corrected chi connectivity index (χ2v) is 3.64. The van der Waals surface area contributed by atoms with E-state index in [1.165, 1.54) is 10.9 Å². The van der Waals surface area contributed by atoms with Crippen LogP contribution in [0.3, 0.4) is 0 Å². The predicted octanol–water partition coefficient (Wildman–Crippen LogP) is 2.00. The number of benzene rings is 1. The smallest absolute Gasteiger partial charge is 0.235 e. The summed E-state index contributed by atoms with van der Waals surface area (Å²) in [6.07, 6.45) is 4.97. The van der Waals surface area contributed by atoms with Crippen LogP contribution in [0.15, 0.2) is 43.0 Å². The van der Waals surface area contributed by atoms with E-state index < -0.39 is 0 Å². The number of hydrogen-bond acceptors (Lipinski definition) is 4. The third kappa shape index (κ3) is 3.10. The van der Waals surface area contributed by atoms with Crippen LogP contribution in [0.5, 0.6) is 11.5 Å². The number of rotatable bonds is 5. The Bertz CT molecular complexity index is 509. The summed E-state index contributed by atoms with van der Waals surface area (Å²) in [5.74, 6) is 1.37. The van der Waals surface area contributed by atoms with Crippen molar-refractivity contribution in [3.63, 3.8) is 0 Å². The summed E-state index contributed by atoms with van der Waals surface area (Å²) in [4.78, 5) is 15.5. The van der Waals surface area contributed by atoms with E-state index in [9.17, 15) is 4.79 Å². The molecule has 0 N–H and O–H groups in total. The summed E-state index contributed by atoms with van der Waals surface area (Å²) < 4.78 is 12.0. The summed E-state index contributed by atoms with van der Waals surface area (Å²) in [5.41, 5.74) is 0. The highest BCUT2D eigenvalue weighted by Crippen LogP contribution is 2.18. The molecular formula is C13H14N2O3. The molecule has 0 atom stereocenters. The Morgan fingerprint density at radius 1 is 1.39 bits per heavy atom. The lowest BCUT2D eigenvalue weighted by Crippen LogP contribution is -2.12. The molecule has 2 rings (SSSR count). The topological polar surface area (TPSA) is 53.4 Å². The molecule has 0 amide bonds. The van der Waals surface area contributed by atoms with Crippen LogP contribution in [-0.4, -0.2) is 29.2 Å². The van der Waals surface area contributed by atoms with E-state index in [1.807, 2.05) is 18.2 Å². The average Bonchev–Trinajstić information content (AvgIpc) is 2.93. The van der Waals surface area contributed by atoms with E-state index in [0.29, 0.717) is 18.8 Å². The highest BCUT2D eigenvalue weighted by Gasteiger charge is 2.04. The largest absolute Gasteiger partial charge is 0.497 e. The molecule has 0 saturated heterocycles. The van der Waals surface area contributed by atoms with E-state index in [0.717, 1.165) is 5.75 Å². The monoisotopic (exact) mass is 246 g/mol. The SMILES string of the molecule is COc1cccc(OCCC(=O)n2ccnc2)c1. The Labute approximate surface area is 105 Å². The molecule has 0 aliphatic rings. The van der Waals surface area contributed by atoms with Crippen LogP contribution < -0.4 is 9.47 Å². The molecule has 5 nitrogen and oxygen atoms in total. The summed E-state index contributed by atoms with van der Waals surface area (Å²) in [7, 11) is 1.60. The third-order valence-corrected chi connectivity index (χ3v) is 2.42. The Morgan fingerprint density at radius 2 is 2.22 bits per heavy atom. The Kier molecular flexibility index (Phi) is 3.96.